The zero-order valence-corrected chi connectivity index (χ0v) is 13.2. The summed E-state index contributed by atoms with van der Waals surface area (Å²) in [7, 11) is 0. The first-order chi connectivity index (χ1) is 10.2. The topological polar surface area (TPSA) is 49.0 Å². The van der Waals surface area contributed by atoms with Crippen molar-refractivity contribution in [3.8, 4) is 6.07 Å². The Morgan fingerprint density at radius 3 is 2.81 bits per heavy atom. The molecule has 2 rings (SSSR count). The van der Waals surface area contributed by atoms with E-state index < -0.39 is 0 Å². The molecule has 114 valence electrons. The highest BCUT2D eigenvalue weighted by molar-refractivity contribution is 5.30. The van der Waals surface area contributed by atoms with Crippen LogP contribution in [0.1, 0.15) is 49.9 Å². The molecule has 1 aliphatic rings. The minimum atomic E-state index is 0.0522. The molecule has 0 spiro atoms. The Bertz CT molecular complexity index is 583. The highest BCUT2D eigenvalue weighted by atomic mass is 16.1. The van der Waals surface area contributed by atoms with Gasteiger partial charge < -0.3 is 4.57 Å². The van der Waals surface area contributed by atoms with Gasteiger partial charge in [0, 0.05) is 37.3 Å². The SMILES string of the molecule is CCCCCn1c2c(cc(CC#N)c1=O)CN(CC)CC2. The van der Waals surface area contributed by atoms with Crippen molar-refractivity contribution >= 4 is 0 Å². The van der Waals surface area contributed by atoms with Crippen LogP contribution < -0.4 is 5.56 Å². The highest BCUT2D eigenvalue weighted by Crippen LogP contribution is 2.19. The van der Waals surface area contributed by atoms with Crippen LogP contribution in [0.3, 0.4) is 0 Å². The van der Waals surface area contributed by atoms with Crippen LogP contribution in [0.5, 0.6) is 0 Å². The third-order valence-electron chi connectivity index (χ3n) is 4.33. The Labute approximate surface area is 127 Å². The molecule has 1 aromatic rings. The van der Waals surface area contributed by atoms with E-state index in [4.69, 9.17) is 5.26 Å². The lowest BCUT2D eigenvalue weighted by Crippen LogP contribution is -2.37. The zero-order valence-electron chi connectivity index (χ0n) is 13.2. The largest absolute Gasteiger partial charge is 0.312 e. The molecule has 21 heavy (non-hydrogen) atoms. The summed E-state index contributed by atoms with van der Waals surface area (Å²) in [6, 6.07) is 4.10. The van der Waals surface area contributed by atoms with Gasteiger partial charge >= 0.3 is 0 Å². The summed E-state index contributed by atoms with van der Waals surface area (Å²) in [4.78, 5) is 15.0. The fourth-order valence-corrected chi connectivity index (χ4v) is 3.08. The van der Waals surface area contributed by atoms with E-state index in [1.807, 2.05) is 10.6 Å². The molecule has 0 amide bonds. The van der Waals surface area contributed by atoms with Crippen LogP contribution >= 0.6 is 0 Å². The number of fused-ring (bicyclic) bond motifs is 1. The van der Waals surface area contributed by atoms with Crippen LogP contribution in [0.15, 0.2) is 10.9 Å². The van der Waals surface area contributed by atoms with Crippen molar-refractivity contribution in [3.05, 3.63) is 33.2 Å². The molecule has 0 saturated carbocycles. The van der Waals surface area contributed by atoms with Gasteiger partial charge in [-0.25, -0.2) is 0 Å². The molecule has 1 aliphatic heterocycles. The molecular formula is C17H25N3O. The Kier molecular flexibility index (Phi) is 5.58. The number of pyridine rings is 1. The summed E-state index contributed by atoms with van der Waals surface area (Å²) in [5, 5.41) is 8.94. The molecular weight excluding hydrogens is 262 g/mol. The molecule has 4 heteroatoms. The fraction of sp³-hybridized carbons (Fsp3) is 0.647. The standard InChI is InChI=1S/C17H25N3O/c1-3-5-6-10-20-16-8-11-19(4-2)13-15(16)12-14(7-9-18)17(20)21/h12H,3-8,10-11,13H2,1-2H3. The fourth-order valence-electron chi connectivity index (χ4n) is 3.08. The van der Waals surface area contributed by atoms with Crippen molar-refractivity contribution in [2.75, 3.05) is 13.1 Å². The minimum absolute atomic E-state index is 0.0522. The summed E-state index contributed by atoms with van der Waals surface area (Å²) in [6.07, 6.45) is 4.49. The molecule has 0 bridgehead atoms. The van der Waals surface area contributed by atoms with Gasteiger partial charge in [0.2, 0.25) is 0 Å². The summed E-state index contributed by atoms with van der Waals surface area (Å²) in [5.74, 6) is 0. The van der Waals surface area contributed by atoms with Crippen LogP contribution in [-0.4, -0.2) is 22.6 Å². The molecule has 0 N–H and O–H groups in total. The minimum Gasteiger partial charge on any atom is -0.312 e. The summed E-state index contributed by atoms with van der Waals surface area (Å²) in [6.45, 7) is 8.08. The molecule has 1 aromatic heterocycles. The molecule has 0 unspecified atom stereocenters. The Balaban J connectivity index is 2.39. The van der Waals surface area contributed by atoms with Crippen molar-refractivity contribution in [1.82, 2.24) is 9.47 Å². The van der Waals surface area contributed by atoms with Crippen molar-refractivity contribution in [2.45, 2.75) is 59.0 Å². The Morgan fingerprint density at radius 2 is 2.14 bits per heavy atom. The number of rotatable bonds is 6. The predicted octanol–water partition coefficient (Wildman–Crippen LogP) is 2.48. The summed E-state index contributed by atoms with van der Waals surface area (Å²) < 4.78 is 1.95. The van der Waals surface area contributed by atoms with Crippen LogP contribution in [0, 0.1) is 11.3 Å². The van der Waals surface area contributed by atoms with Crippen molar-refractivity contribution in [3.63, 3.8) is 0 Å². The third kappa shape index (κ3) is 3.54. The van der Waals surface area contributed by atoms with Gasteiger partial charge in [0.15, 0.2) is 0 Å². The van der Waals surface area contributed by atoms with Gasteiger partial charge in [-0.05, 0) is 24.6 Å². The van der Waals surface area contributed by atoms with Crippen LogP contribution in [0.2, 0.25) is 0 Å². The predicted molar refractivity (Wildman–Crippen MR) is 84.2 cm³/mol. The maximum Gasteiger partial charge on any atom is 0.255 e. The van der Waals surface area contributed by atoms with Crippen LogP contribution in [0.25, 0.3) is 0 Å². The zero-order chi connectivity index (χ0) is 15.2. The number of hydrogen-bond acceptors (Lipinski definition) is 3. The van der Waals surface area contributed by atoms with Gasteiger partial charge in [-0.2, -0.15) is 5.26 Å². The van der Waals surface area contributed by atoms with E-state index in [1.54, 1.807) is 0 Å². The molecule has 0 aliphatic carbocycles. The number of nitrogens with zero attached hydrogens (tertiary/aromatic N) is 3. The average Bonchev–Trinajstić information content (AvgIpc) is 2.50. The normalized spacial score (nSPS) is 14.7. The maximum atomic E-state index is 12.6. The van der Waals surface area contributed by atoms with E-state index in [9.17, 15) is 4.79 Å². The van der Waals surface area contributed by atoms with Gasteiger partial charge in [-0.15, -0.1) is 0 Å². The summed E-state index contributed by atoms with van der Waals surface area (Å²) >= 11 is 0. The van der Waals surface area contributed by atoms with E-state index in [2.05, 4.69) is 24.8 Å². The quantitative estimate of drug-likeness (QED) is 0.755. The van der Waals surface area contributed by atoms with E-state index in [-0.39, 0.29) is 12.0 Å². The molecule has 0 saturated heterocycles. The molecule has 4 nitrogen and oxygen atoms in total. The lowest BCUT2D eigenvalue weighted by Gasteiger charge is -2.30. The highest BCUT2D eigenvalue weighted by Gasteiger charge is 2.20. The number of nitriles is 1. The average molecular weight is 287 g/mol. The molecule has 0 aromatic carbocycles. The summed E-state index contributed by atoms with van der Waals surface area (Å²) in [5.41, 5.74) is 3.15. The first-order valence-electron chi connectivity index (χ1n) is 8.05. The number of unbranched alkanes of at least 4 members (excludes halogenated alkanes) is 2. The number of aromatic nitrogens is 1. The van der Waals surface area contributed by atoms with Gasteiger partial charge in [-0.3, -0.25) is 9.69 Å². The van der Waals surface area contributed by atoms with Gasteiger partial charge in [0.1, 0.15) is 0 Å². The van der Waals surface area contributed by atoms with E-state index in [1.165, 1.54) is 11.3 Å². The number of hydrogen-bond donors (Lipinski definition) is 0. The maximum absolute atomic E-state index is 12.6. The van der Waals surface area contributed by atoms with Gasteiger partial charge in [-0.1, -0.05) is 26.7 Å². The van der Waals surface area contributed by atoms with Crippen molar-refractivity contribution in [2.24, 2.45) is 0 Å². The number of likely N-dealkylation sites (N-methyl/N-ethyl adjacent to an activating group) is 1. The van der Waals surface area contributed by atoms with Crippen LogP contribution in [-0.2, 0) is 25.9 Å². The molecule has 0 radical (unpaired) electrons. The lowest BCUT2D eigenvalue weighted by molar-refractivity contribution is 0.261. The smallest absolute Gasteiger partial charge is 0.255 e. The monoisotopic (exact) mass is 287 g/mol. The van der Waals surface area contributed by atoms with Gasteiger partial charge in [0.25, 0.3) is 5.56 Å². The Hall–Kier alpha value is -1.60. The van der Waals surface area contributed by atoms with Crippen molar-refractivity contribution in [1.29, 1.82) is 5.26 Å². The van der Waals surface area contributed by atoms with Crippen LogP contribution in [0.4, 0.5) is 0 Å². The molecule has 0 fully saturated rings. The lowest BCUT2D eigenvalue weighted by atomic mass is 10.0. The first-order valence-corrected chi connectivity index (χ1v) is 8.05. The van der Waals surface area contributed by atoms with Gasteiger partial charge in [0.05, 0.1) is 12.5 Å². The molecule has 0 atom stereocenters. The third-order valence-corrected chi connectivity index (χ3v) is 4.33. The second kappa shape index (κ2) is 7.42. The first kappa shape index (κ1) is 15.8. The Morgan fingerprint density at radius 1 is 1.33 bits per heavy atom. The van der Waals surface area contributed by atoms with E-state index >= 15 is 0 Å². The van der Waals surface area contributed by atoms with E-state index in [0.29, 0.717) is 5.56 Å². The second-order valence-corrected chi connectivity index (χ2v) is 5.76. The van der Waals surface area contributed by atoms with Crippen molar-refractivity contribution < 1.29 is 0 Å². The molecule has 2 heterocycles. The van der Waals surface area contributed by atoms with E-state index in [0.717, 1.165) is 51.9 Å². The second-order valence-electron chi connectivity index (χ2n) is 5.76.